The molecule has 3 N–H and O–H groups in total. The normalized spacial score (nSPS) is 12.2. The second-order valence-corrected chi connectivity index (χ2v) is 6.19. The first-order chi connectivity index (χ1) is 9.31. The highest BCUT2D eigenvalue weighted by Gasteiger charge is 2.21. The molecular weight excluding hydrogens is 371 g/mol. The summed E-state index contributed by atoms with van der Waals surface area (Å²) in [5.74, 6) is -1.28. The van der Waals surface area contributed by atoms with Crippen LogP contribution in [0.1, 0.15) is 19.4 Å². The van der Waals surface area contributed by atoms with Gasteiger partial charge in [0.25, 0.3) is 0 Å². The van der Waals surface area contributed by atoms with E-state index in [1.165, 1.54) is 0 Å². The topological polar surface area (TPSA) is 78.4 Å². The zero-order valence-electron chi connectivity index (χ0n) is 11.7. The van der Waals surface area contributed by atoms with Crippen molar-refractivity contribution in [1.82, 2.24) is 5.32 Å². The molecule has 110 valence electrons. The molecule has 1 aromatic carbocycles. The smallest absolute Gasteiger partial charge is 0.320 e. The maximum atomic E-state index is 11.8. The van der Waals surface area contributed by atoms with Gasteiger partial charge in [-0.3, -0.25) is 14.9 Å². The Hall–Kier alpha value is -1.15. The Morgan fingerprint density at radius 3 is 2.50 bits per heavy atom. The molecule has 1 atom stereocenters. The molecule has 0 aliphatic carbocycles. The van der Waals surface area contributed by atoms with Gasteiger partial charge in [-0.2, -0.15) is 0 Å². The summed E-state index contributed by atoms with van der Waals surface area (Å²) >= 11 is 2.21. The average molecular weight is 390 g/mol. The van der Waals surface area contributed by atoms with Gasteiger partial charge in [-0.15, -0.1) is 0 Å². The largest absolute Gasteiger partial charge is 0.480 e. The van der Waals surface area contributed by atoms with E-state index in [0.29, 0.717) is 0 Å². The summed E-state index contributed by atoms with van der Waals surface area (Å²) in [5.41, 5.74) is 1.72. The van der Waals surface area contributed by atoms with Crippen molar-refractivity contribution in [3.63, 3.8) is 0 Å². The van der Waals surface area contributed by atoms with Crippen LogP contribution in [0, 0.1) is 16.4 Å². The Morgan fingerprint density at radius 1 is 1.35 bits per heavy atom. The highest BCUT2D eigenvalue weighted by molar-refractivity contribution is 14.1. The highest BCUT2D eigenvalue weighted by atomic mass is 127. The number of nitrogens with one attached hydrogen (secondary N) is 2. The van der Waals surface area contributed by atoms with Crippen LogP contribution < -0.4 is 10.6 Å². The van der Waals surface area contributed by atoms with Gasteiger partial charge in [0, 0.05) is 9.26 Å². The van der Waals surface area contributed by atoms with Crippen LogP contribution in [-0.4, -0.2) is 29.6 Å². The summed E-state index contributed by atoms with van der Waals surface area (Å²) in [4.78, 5) is 22.8. The predicted octanol–water partition coefficient (Wildman–Crippen LogP) is 2.24. The lowest BCUT2D eigenvalue weighted by molar-refractivity contribution is -0.140. The van der Waals surface area contributed by atoms with E-state index in [1.54, 1.807) is 13.8 Å². The van der Waals surface area contributed by atoms with E-state index in [2.05, 4.69) is 33.2 Å². The van der Waals surface area contributed by atoms with Crippen molar-refractivity contribution in [3.05, 3.63) is 27.3 Å². The van der Waals surface area contributed by atoms with Crippen molar-refractivity contribution < 1.29 is 14.7 Å². The third-order valence-electron chi connectivity index (χ3n) is 2.88. The van der Waals surface area contributed by atoms with Gasteiger partial charge in [-0.1, -0.05) is 13.8 Å². The monoisotopic (exact) mass is 390 g/mol. The van der Waals surface area contributed by atoms with Crippen molar-refractivity contribution in [3.8, 4) is 0 Å². The Kier molecular flexibility index (Phi) is 6.41. The molecule has 0 saturated carbocycles. The summed E-state index contributed by atoms with van der Waals surface area (Å²) in [5, 5.41) is 14.6. The zero-order valence-corrected chi connectivity index (χ0v) is 13.9. The van der Waals surface area contributed by atoms with Crippen molar-refractivity contribution in [2.75, 3.05) is 11.9 Å². The van der Waals surface area contributed by atoms with Crippen molar-refractivity contribution in [1.29, 1.82) is 0 Å². The number of amides is 1. The van der Waals surface area contributed by atoms with Gasteiger partial charge in [-0.25, -0.2) is 0 Å². The standard InChI is InChI=1S/C14H19IN2O3/c1-8(2)13(14(19)20)16-7-12(18)17-11-5-4-10(15)6-9(11)3/h4-6,8,13,16H,7H2,1-3H3,(H,17,18)(H,19,20). The van der Waals surface area contributed by atoms with Gasteiger partial charge in [0.2, 0.25) is 5.91 Å². The van der Waals surface area contributed by atoms with Crippen LogP contribution in [0.4, 0.5) is 5.69 Å². The van der Waals surface area contributed by atoms with Crippen molar-refractivity contribution in [2.45, 2.75) is 26.8 Å². The number of carboxylic acids is 1. The van der Waals surface area contributed by atoms with E-state index in [4.69, 9.17) is 5.11 Å². The molecule has 0 bridgehead atoms. The first-order valence-corrected chi connectivity index (χ1v) is 7.41. The summed E-state index contributed by atoms with van der Waals surface area (Å²) in [6.07, 6.45) is 0. The maximum absolute atomic E-state index is 11.8. The lowest BCUT2D eigenvalue weighted by Crippen LogP contribution is -2.44. The molecule has 1 amide bonds. The molecule has 0 radical (unpaired) electrons. The van der Waals surface area contributed by atoms with Gasteiger partial charge in [0.05, 0.1) is 6.54 Å². The number of aryl methyl sites for hydroxylation is 1. The summed E-state index contributed by atoms with van der Waals surface area (Å²) in [7, 11) is 0. The zero-order chi connectivity index (χ0) is 15.3. The number of rotatable bonds is 6. The molecule has 0 fully saturated rings. The van der Waals surface area contributed by atoms with E-state index in [9.17, 15) is 9.59 Å². The molecule has 1 unspecified atom stereocenters. The van der Waals surface area contributed by atoms with Gasteiger partial charge in [0.1, 0.15) is 6.04 Å². The fourth-order valence-corrected chi connectivity index (χ4v) is 2.42. The number of halogens is 1. The number of carbonyl (C=O) groups excluding carboxylic acids is 1. The molecule has 0 spiro atoms. The van der Waals surface area contributed by atoms with Crippen LogP contribution in [-0.2, 0) is 9.59 Å². The third-order valence-corrected chi connectivity index (χ3v) is 3.55. The number of carboxylic acid groups (broad SMARTS) is 1. The quantitative estimate of drug-likeness (QED) is 0.652. The van der Waals surface area contributed by atoms with E-state index in [0.717, 1.165) is 14.8 Å². The second kappa shape index (κ2) is 7.58. The third kappa shape index (κ3) is 5.09. The summed E-state index contributed by atoms with van der Waals surface area (Å²) in [6.45, 7) is 5.49. The van der Waals surface area contributed by atoms with Crippen LogP contribution in [0.3, 0.4) is 0 Å². The molecule has 5 nitrogen and oxygen atoms in total. The first-order valence-electron chi connectivity index (χ1n) is 6.33. The Balaban J connectivity index is 2.57. The van der Waals surface area contributed by atoms with Crippen molar-refractivity contribution >= 4 is 40.2 Å². The number of benzene rings is 1. The molecule has 0 saturated heterocycles. The van der Waals surface area contributed by atoms with E-state index >= 15 is 0 Å². The predicted molar refractivity (Wildman–Crippen MR) is 86.8 cm³/mol. The number of aliphatic carboxylic acids is 1. The van der Waals surface area contributed by atoms with Gasteiger partial charge in [-0.05, 0) is 59.2 Å². The molecular formula is C14H19IN2O3. The summed E-state index contributed by atoms with van der Waals surface area (Å²) in [6, 6.07) is 4.99. The lowest BCUT2D eigenvalue weighted by Gasteiger charge is -2.17. The Morgan fingerprint density at radius 2 is 2.00 bits per heavy atom. The molecule has 20 heavy (non-hydrogen) atoms. The highest BCUT2D eigenvalue weighted by Crippen LogP contribution is 2.17. The SMILES string of the molecule is Cc1cc(I)ccc1NC(=O)CNC(C(=O)O)C(C)C. The molecule has 0 aromatic heterocycles. The minimum absolute atomic E-state index is 0.0272. The number of anilines is 1. The van der Waals surface area contributed by atoms with E-state index in [-0.39, 0.29) is 18.4 Å². The van der Waals surface area contributed by atoms with Crippen LogP contribution in [0.15, 0.2) is 18.2 Å². The molecule has 6 heteroatoms. The fraction of sp³-hybridized carbons (Fsp3) is 0.429. The molecule has 1 rings (SSSR count). The minimum Gasteiger partial charge on any atom is -0.480 e. The van der Waals surface area contributed by atoms with Gasteiger partial charge in [0.15, 0.2) is 0 Å². The van der Waals surface area contributed by atoms with Crippen molar-refractivity contribution in [2.24, 2.45) is 5.92 Å². The fourth-order valence-electron chi connectivity index (χ4n) is 1.77. The number of hydrogen-bond donors (Lipinski definition) is 3. The Labute approximate surface area is 132 Å². The average Bonchev–Trinajstić information content (AvgIpc) is 2.32. The van der Waals surface area contributed by atoms with Gasteiger partial charge >= 0.3 is 5.97 Å². The maximum Gasteiger partial charge on any atom is 0.320 e. The molecule has 0 aliphatic rings. The van der Waals surface area contributed by atoms with Crippen LogP contribution in [0.5, 0.6) is 0 Å². The number of carbonyl (C=O) groups is 2. The first kappa shape index (κ1) is 16.9. The second-order valence-electron chi connectivity index (χ2n) is 4.95. The van der Waals surface area contributed by atoms with Crippen LogP contribution >= 0.6 is 22.6 Å². The minimum atomic E-state index is -0.946. The number of hydrogen-bond acceptors (Lipinski definition) is 3. The summed E-state index contributed by atoms with van der Waals surface area (Å²) < 4.78 is 1.10. The molecule has 0 heterocycles. The van der Waals surface area contributed by atoms with E-state index in [1.807, 2.05) is 25.1 Å². The Bertz CT molecular complexity index is 503. The van der Waals surface area contributed by atoms with E-state index < -0.39 is 12.0 Å². The molecule has 1 aromatic rings. The van der Waals surface area contributed by atoms with Crippen LogP contribution in [0.2, 0.25) is 0 Å². The molecule has 0 aliphatic heterocycles. The van der Waals surface area contributed by atoms with Crippen LogP contribution in [0.25, 0.3) is 0 Å². The van der Waals surface area contributed by atoms with Gasteiger partial charge < -0.3 is 10.4 Å². The lowest BCUT2D eigenvalue weighted by atomic mass is 10.1.